The van der Waals surface area contributed by atoms with Gasteiger partial charge in [-0.05, 0) is 25.0 Å². The van der Waals surface area contributed by atoms with Crippen LogP contribution >= 0.6 is 0 Å². The Morgan fingerprint density at radius 2 is 1.68 bits per heavy atom. The summed E-state index contributed by atoms with van der Waals surface area (Å²) in [4.78, 5) is 32.3. The average Bonchev–Trinajstić information content (AvgIpc) is 3.12. The second-order valence-electron chi connectivity index (χ2n) is 6.53. The van der Waals surface area contributed by atoms with Crippen molar-refractivity contribution < 1.29 is 14.3 Å². The van der Waals surface area contributed by atoms with Crippen molar-refractivity contribution in [1.29, 1.82) is 0 Å². The predicted octanol–water partition coefficient (Wildman–Crippen LogP) is 2.12. The van der Waals surface area contributed by atoms with Gasteiger partial charge in [0.2, 0.25) is 11.8 Å². The van der Waals surface area contributed by atoms with E-state index in [0.29, 0.717) is 39.1 Å². The molecule has 1 amide bonds. The van der Waals surface area contributed by atoms with Crippen LogP contribution in [0.5, 0.6) is 0 Å². The van der Waals surface area contributed by atoms with Crippen molar-refractivity contribution >= 4 is 22.8 Å². The third-order valence-corrected chi connectivity index (χ3v) is 5.08. The highest BCUT2D eigenvalue weighted by Gasteiger charge is 2.37. The Balaban J connectivity index is 1.61. The molecule has 2 heterocycles. The first-order valence-electron chi connectivity index (χ1n) is 8.73. The SMILES string of the molecule is O=C(C1CC=CCC1C(=O)n1cnc2ccccc21)N1CCOCC1. The highest BCUT2D eigenvalue weighted by atomic mass is 16.5. The third kappa shape index (κ3) is 2.98. The third-order valence-electron chi connectivity index (χ3n) is 5.08. The molecule has 2 aromatic rings. The molecule has 0 radical (unpaired) electrons. The first-order valence-corrected chi connectivity index (χ1v) is 8.73. The lowest BCUT2D eigenvalue weighted by Crippen LogP contribution is -2.47. The Bertz CT molecular complexity index is 820. The highest BCUT2D eigenvalue weighted by molar-refractivity contribution is 5.94. The Hall–Kier alpha value is -2.47. The van der Waals surface area contributed by atoms with Crippen molar-refractivity contribution in [2.75, 3.05) is 26.3 Å². The second kappa shape index (κ2) is 6.80. The van der Waals surface area contributed by atoms with E-state index >= 15 is 0 Å². The predicted molar refractivity (Wildman–Crippen MR) is 93.1 cm³/mol. The number of carbonyl (C=O) groups excluding carboxylic acids is 2. The number of allylic oxidation sites excluding steroid dienone is 2. The van der Waals surface area contributed by atoms with Crippen molar-refractivity contribution in [2.45, 2.75) is 12.8 Å². The Morgan fingerprint density at radius 1 is 1.00 bits per heavy atom. The fourth-order valence-electron chi connectivity index (χ4n) is 3.69. The summed E-state index contributed by atoms with van der Waals surface area (Å²) in [5, 5.41) is 0. The van der Waals surface area contributed by atoms with Crippen LogP contribution in [0, 0.1) is 11.8 Å². The first-order chi connectivity index (χ1) is 12.3. The standard InChI is InChI=1S/C19H21N3O3/c23-18(21-9-11-25-12-10-21)14-5-1-2-6-15(14)19(24)22-13-20-16-7-3-4-8-17(16)22/h1-4,7-8,13-15H,5-6,9-12H2. The van der Waals surface area contributed by atoms with E-state index in [1.165, 1.54) is 0 Å². The van der Waals surface area contributed by atoms with Crippen LogP contribution in [0.1, 0.15) is 17.6 Å². The lowest BCUT2D eigenvalue weighted by atomic mass is 9.81. The second-order valence-corrected chi connectivity index (χ2v) is 6.53. The molecule has 4 rings (SSSR count). The van der Waals surface area contributed by atoms with Gasteiger partial charge in [0.15, 0.2) is 0 Å². The summed E-state index contributed by atoms with van der Waals surface area (Å²) in [5.74, 6) is -0.644. The summed E-state index contributed by atoms with van der Waals surface area (Å²) in [5.41, 5.74) is 1.58. The number of amides is 1. The Kier molecular flexibility index (Phi) is 4.36. The van der Waals surface area contributed by atoms with E-state index in [2.05, 4.69) is 4.98 Å². The maximum absolute atomic E-state index is 13.2. The quantitative estimate of drug-likeness (QED) is 0.786. The number of imidazole rings is 1. The maximum atomic E-state index is 13.2. The Labute approximate surface area is 146 Å². The minimum atomic E-state index is -0.349. The Morgan fingerprint density at radius 3 is 2.44 bits per heavy atom. The fourth-order valence-corrected chi connectivity index (χ4v) is 3.69. The lowest BCUT2D eigenvalue weighted by molar-refractivity contribution is -0.141. The molecule has 2 aliphatic rings. The van der Waals surface area contributed by atoms with Crippen molar-refractivity contribution in [3.63, 3.8) is 0 Å². The van der Waals surface area contributed by atoms with Gasteiger partial charge in [0.1, 0.15) is 6.33 Å². The van der Waals surface area contributed by atoms with Crippen LogP contribution in [-0.2, 0) is 9.53 Å². The topological polar surface area (TPSA) is 64.4 Å². The van der Waals surface area contributed by atoms with Gasteiger partial charge in [-0.2, -0.15) is 0 Å². The molecule has 0 spiro atoms. The molecule has 0 saturated carbocycles. The number of hydrogen-bond donors (Lipinski definition) is 0. The molecule has 130 valence electrons. The number of ether oxygens (including phenoxy) is 1. The van der Waals surface area contributed by atoms with Crippen molar-refractivity contribution in [1.82, 2.24) is 14.5 Å². The van der Waals surface area contributed by atoms with E-state index in [-0.39, 0.29) is 23.7 Å². The molecule has 6 heteroatoms. The molecule has 1 fully saturated rings. The molecule has 6 nitrogen and oxygen atoms in total. The summed E-state index contributed by atoms with van der Waals surface area (Å²) >= 11 is 0. The molecule has 0 bridgehead atoms. The van der Waals surface area contributed by atoms with E-state index in [1.807, 2.05) is 41.3 Å². The monoisotopic (exact) mass is 339 g/mol. The van der Waals surface area contributed by atoms with Gasteiger partial charge in [0, 0.05) is 13.1 Å². The van der Waals surface area contributed by atoms with Crippen LogP contribution in [0.15, 0.2) is 42.7 Å². The zero-order valence-electron chi connectivity index (χ0n) is 14.0. The van der Waals surface area contributed by atoms with Crippen LogP contribution in [0.2, 0.25) is 0 Å². The van der Waals surface area contributed by atoms with Gasteiger partial charge in [-0.1, -0.05) is 24.3 Å². The summed E-state index contributed by atoms with van der Waals surface area (Å²) < 4.78 is 6.93. The highest BCUT2D eigenvalue weighted by Crippen LogP contribution is 2.30. The van der Waals surface area contributed by atoms with Gasteiger partial charge in [-0.25, -0.2) is 4.98 Å². The van der Waals surface area contributed by atoms with Gasteiger partial charge in [0.25, 0.3) is 0 Å². The van der Waals surface area contributed by atoms with Gasteiger partial charge < -0.3 is 9.64 Å². The molecule has 1 saturated heterocycles. The van der Waals surface area contributed by atoms with Crippen LogP contribution < -0.4 is 0 Å². The van der Waals surface area contributed by atoms with Crippen LogP contribution in [-0.4, -0.2) is 52.6 Å². The summed E-state index contributed by atoms with van der Waals surface area (Å²) in [6, 6.07) is 7.57. The maximum Gasteiger partial charge on any atom is 0.236 e. The van der Waals surface area contributed by atoms with Gasteiger partial charge in [-0.3, -0.25) is 14.2 Å². The number of benzene rings is 1. The van der Waals surface area contributed by atoms with E-state index in [4.69, 9.17) is 4.74 Å². The average molecular weight is 339 g/mol. The van der Waals surface area contributed by atoms with E-state index in [1.54, 1.807) is 10.9 Å². The first kappa shape index (κ1) is 16.0. The van der Waals surface area contributed by atoms with Crippen molar-refractivity contribution in [3.8, 4) is 0 Å². The molecular formula is C19H21N3O3. The number of fused-ring (bicyclic) bond motifs is 1. The number of carbonyl (C=O) groups is 2. The summed E-state index contributed by atoms with van der Waals surface area (Å²) in [6.07, 6.45) is 6.79. The van der Waals surface area contributed by atoms with Gasteiger partial charge >= 0.3 is 0 Å². The van der Waals surface area contributed by atoms with Gasteiger partial charge in [0.05, 0.1) is 36.1 Å². The smallest absolute Gasteiger partial charge is 0.236 e. The number of nitrogens with zero attached hydrogens (tertiary/aromatic N) is 3. The summed E-state index contributed by atoms with van der Waals surface area (Å²) in [6.45, 7) is 2.35. The van der Waals surface area contributed by atoms with Crippen LogP contribution in [0.4, 0.5) is 0 Å². The largest absolute Gasteiger partial charge is 0.378 e. The fraction of sp³-hybridized carbons (Fsp3) is 0.421. The van der Waals surface area contributed by atoms with Crippen molar-refractivity contribution in [3.05, 3.63) is 42.7 Å². The number of morpholine rings is 1. The van der Waals surface area contributed by atoms with Gasteiger partial charge in [-0.15, -0.1) is 0 Å². The number of aromatic nitrogens is 2. The van der Waals surface area contributed by atoms with Crippen molar-refractivity contribution in [2.24, 2.45) is 11.8 Å². The zero-order valence-corrected chi connectivity index (χ0v) is 14.0. The van der Waals surface area contributed by atoms with E-state index in [0.717, 1.165) is 11.0 Å². The molecule has 1 aromatic carbocycles. The zero-order chi connectivity index (χ0) is 17.2. The molecule has 1 aliphatic heterocycles. The molecular weight excluding hydrogens is 318 g/mol. The summed E-state index contributed by atoms with van der Waals surface area (Å²) in [7, 11) is 0. The van der Waals surface area contributed by atoms with E-state index in [9.17, 15) is 9.59 Å². The minimum Gasteiger partial charge on any atom is -0.378 e. The number of rotatable bonds is 2. The minimum absolute atomic E-state index is 0.0512. The number of hydrogen-bond acceptors (Lipinski definition) is 4. The lowest BCUT2D eigenvalue weighted by Gasteiger charge is -2.34. The van der Waals surface area contributed by atoms with Crippen LogP contribution in [0.25, 0.3) is 11.0 Å². The van der Waals surface area contributed by atoms with E-state index < -0.39 is 0 Å². The molecule has 2 unspecified atom stereocenters. The molecule has 2 atom stereocenters. The number of para-hydroxylation sites is 2. The normalized spacial score (nSPS) is 23.8. The molecule has 0 N–H and O–H groups in total. The molecule has 1 aliphatic carbocycles. The molecule has 25 heavy (non-hydrogen) atoms. The van der Waals surface area contributed by atoms with Crippen LogP contribution in [0.3, 0.4) is 0 Å². The molecule has 1 aromatic heterocycles.